The maximum Gasteiger partial charge on any atom is 0.309 e. The van der Waals surface area contributed by atoms with Gasteiger partial charge in [-0.25, -0.2) is 0 Å². The van der Waals surface area contributed by atoms with Gasteiger partial charge < -0.3 is 10.4 Å². The van der Waals surface area contributed by atoms with Crippen molar-refractivity contribution in [1.29, 1.82) is 0 Å². The van der Waals surface area contributed by atoms with Crippen LogP contribution in [0.4, 0.5) is 0 Å². The van der Waals surface area contributed by atoms with E-state index in [2.05, 4.69) is 15.6 Å². The molecule has 0 bridgehead atoms. The van der Waals surface area contributed by atoms with Crippen molar-refractivity contribution in [1.82, 2.24) is 20.3 Å². The zero-order valence-electron chi connectivity index (χ0n) is 9.01. The summed E-state index contributed by atoms with van der Waals surface area (Å²) in [4.78, 5) is 21.5. The van der Waals surface area contributed by atoms with Crippen molar-refractivity contribution in [3.8, 4) is 0 Å². The fourth-order valence-electron chi connectivity index (χ4n) is 1.19. The van der Waals surface area contributed by atoms with Crippen molar-refractivity contribution in [2.24, 2.45) is 0 Å². The Morgan fingerprint density at radius 1 is 1.56 bits per heavy atom. The molecular weight excluding hydrogens is 212 g/mol. The number of aromatic nitrogens is 3. The van der Waals surface area contributed by atoms with Gasteiger partial charge in [0.1, 0.15) is 0 Å². The molecule has 1 aromatic rings. The SMILES string of the molecule is CCNC(=O)CCn1cc(CC(=O)O)nn1. The van der Waals surface area contributed by atoms with Gasteiger partial charge in [-0.1, -0.05) is 5.21 Å². The number of nitrogens with zero attached hydrogens (tertiary/aromatic N) is 3. The predicted octanol–water partition coefficient (Wildman–Crippen LogP) is -0.569. The second-order valence-electron chi connectivity index (χ2n) is 3.25. The lowest BCUT2D eigenvalue weighted by Gasteiger charge is -2.00. The third-order valence-corrected chi connectivity index (χ3v) is 1.86. The second kappa shape index (κ2) is 5.84. The van der Waals surface area contributed by atoms with E-state index in [1.165, 1.54) is 10.9 Å². The summed E-state index contributed by atoms with van der Waals surface area (Å²) in [5, 5.41) is 18.6. The van der Waals surface area contributed by atoms with Crippen molar-refractivity contribution in [3.05, 3.63) is 11.9 Å². The van der Waals surface area contributed by atoms with Crippen LogP contribution in [0, 0.1) is 0 Å². The van der Waals surface area contributed by atoms with E-state index in [9.17, 15) is 9.59 Å². The van der Waals surface area contributed by atoms with E-state index < -0.39 is 5.97 Å². The van der Waals surface area contributed by atoms with Crippen LogP contribution in [0.1, 0.15) is 19.0 Å². The third-order valence-electron chi connectivity index (χ3n) is 1.86. The lowest BCUT2D eigenvalue weighted by molar-refractivity contribution is -0.136. The third kappa shape index (κ3) is 4.07. The van der Waals surface area contributed by atoms with E-state index in [0.717, 1.165) is 0 Å². The molecule has 0 unspecified atom stereocenters. The summed E-state index contributed by atoms with van der Waals surface area (Å²) in [7, 11) is 0. The van der Waals surface area contributed by atoms with Crippen LogP contribution in [-0.2, 0) is 22.6 Å². The van der Waals surface area contributed by atoms with Gasteiger partial charge in [0.25, 0.3) is 0 Å². The zero-order chi connectivity index (χ0) is 12.0. The molecule has 2 N–H and O–H groups in total. The Bertz CT molecular complexity index is 375. The summed E-state index contributed by atoms with van der Waals surface area (Å²) < 4.78 is 1.47. The van der Waals surface area contributed by atoms with Crippen LogP contribution in [0.3, 0.4) is 0 Å². The van der Waals surface area contributed by atoms with Gasteiger partial charge in [0.2, 0.25) is 5.91 Å². The maximum absolute atomic E-state index is 11.1. The normalized spacial score (nSPS) is 10.1. The minimum Gasteiger partial charge on any atom is -0.481 e. The van der Waals surface area contributed by atoms with Crippen molar-refractivity contribution in [2.75, 3.05) is 6.54 Å². The predicted molar refractivity (Wildman–Crippen MR) is 54.7 cm³/mol. The van der Waals surface area contributed by atoms with Crippen LogP contribution >= 0.6 is 0 Å². The molecule has 0 aliphatic heterocycles. The molecule has 16 heavy (non-hydrogen) atoms. The Morgan fingerprint density at radius 2 is 2.31 bits per heavy atom. The first kappa shape index (κ1) is 12.2. The molecule has 7 heteroatoms. The number of carboxylic acids is 1. The van der Waals surface area contributed by atoms with Crippen LogP contribution in [-0.4, -0.2) is 38.5 Å². The topological polar surface area (TPSA) is 97.1 Å². The van der Waals surface area contributed by atoms with Gasteiger partial charge in [0.05, 0.1) is 18.7 Å². The molecule has 0 spiro atoms. The molecule has 1 amide bonds. The minimum atomic E-state index is -0.948. The number of rotatable bonds is 6. The lowest BCUT2D eigenvalue weighted by Crippen LogP contribution is -2.23. The standard InChI is InChI=1S/C9H14N4O3/c1-2-10-8(14)3-4-13-6-7(11-12-13)5-9(15)16/h6H,2-5H2,1H3,(H,10,14)(H,15,16). The number of hydrogen-bond donors (Lipinski definition) is 2. The second-order valence-corrected chi connectivity index (χ2v) is 3.25. The van der Waals surface area contributed by atoms with Gasteiger partial charge in [-0.3, -0.25) is 14.3 Å². The number of carboxylic acid groups (broad SMARTS) is 1. The monoisotopic (exact) mass is 226 g/mol. The molecule has 0 fully saturated rings. The summed E-state index contributed by atoms with van der Waals surface area (Å²) in [6.07, 6.45) is 1.69. The van der Waals surface area contributed by atoms with E-state index in [1.807, 2.05) is 6.92 Å². The summed E-state index contributed by atoms with van der Waals surface area (Å²) in [6, 6.07) is 0. The summed E-state index contributed by atoms with van der Waals surface area (Å²) >= 11 is 0. The number of aryl methyl sites for hydroxylation is 1. The fraction of sp³-hybridized carbons (Fsp3) is 0.556. The van der Waals surface area contributed by atoms with E-state index in [0.29, 0.717) is 25.2 Å². The van der Waals surface area contributed by atoms with Crippen LogP contribution in [0.25, 0.3) is 0 Å². The molecule has 0 radical (unpaired) electrons. The van der Waals surface area contributed by atoms with Crippen LogP contribution in [0.2, 0.25) is 0 Å². The van der Waals surface area contributed by atoms with Crippen molar-refractivity contribution in [2.45, 2.75) is 26.3 Å². The summed E-state index contributed by atoms with van der Waals surface area (Å²) in [6.45, 7) is 2.84. The molecule has 0 saturated carbocycles. The number of nitrogens with one attached hydrogen (secondary N) is 1. The van der Waals surface area contributed by atoms with Gasteiger partial charge >= 0.3 is 5.97 Å². The molecular formula is C9H14N4O3. The molecule has 0 aromatic carbocycles. The summed E-state index contributed by atoms with van der Waals surface area (Å²) in [5.41, 5.74) is 0.392. The lowest BCUT2D eigenvalue weighted by atomic mass is 10.3. The Balaban J connectivity index is 2.40. The highest BCUT2D eigenvalue weighted by atomic mass is 16.4. The highest BCUT2D eigenvalue weighted by Crippen LogP contribution is 1.96. The van der Waals surface area contributed by atoms with E-state index in [4.69, 9.17) is 5.11 Å². The van der Waals surface area contributed by atoms with Crippen molar-refractivity contribution in [3.63, 3.8) is 0 Å². The molecule has 88 valence electrons. The van der Waals surface area contributed by atoms with E-state index in [-0.39, 0.29) is 12.3 Å². The van der Waals surface area contributed by atoms with Crippen LogP contribution in [0.15, 0.2) is 6.20 Å². The average Bonchev–Trinajstić information content (AvgIpc) is 2.62. The highest BCUT2D eigenvalue weighted by Gasteiger charge is 2.06. The largest absolute Gasteiger partial charge is 0.481 e. The smallest absolute Gasteiger partial charge is 0.309 e. The average molecular weight is 226 g/mol. The summed E-state index contributed by atoms with van der Waals surface area (Å²) in [5.74, 6) is -1.01. The Morgan fingerprint density at radius 3 is 2.94 bits per heavy atom. The molecule has 0 aliphatic rings. The van der Waals surface area contributed by atoms with Gasteiger partial charge in [-0.05, 0) is 6.92 Å². The molecule has 1 heterocycles. The Labute approximate surface area is 92.4 Å². The Hall–Kier alpha value is -1.92. The number of aliphatic carboxylic acids is 1. The van der Waals surface area contributed by atoms with Crippen LogP contribution < -0.4 is 5.32 Å². The van der Waals surface area contributed by atoms with Gasteiger partial charge in [-0.2, -0.15) is 0 Å². The molecule has 1 rings (SSSR count). The van der Waals surface area contributed by atoms with E-state index >= 15 is 0 Å². The molecule has 1 aromatic heterocycles. The number of carbonyl (C=O) groups is 2. The zero-order valence-corrected chi connectivity index (χ0v) is 9.01. The first-order valence-electron chi connectivity index (χ1n) is 4.99. The molecule has 0 saturated heterocycles. The molecule has 0 atom stereocenters. The van der Waals surface area contributed by atoms with Gasteiger partial charge in [-0.15, -0.1) is 5.10 Å². The minimum absolute atomic E-state index is 0.0576. The Kier molecular flexibility index (Phi) is 4.43. The van der Waals surface area contributed by atoms with E-state index in [1.54, 1.807) is 0 Å². The van der Waals surface area contributed by atoms with Gasteiger partial charge in [0, 0.05) is 19.2 Å². The molecule has 0 aliphatic carbocycles. The van der Waals surface area contributed by atoms with Crippen LogP contribution in [0.5, 0.6) is 0 Å². The number of carbonyl (C=O) groups excluding carboxylic acids is 1. The maximum atomic E-state index is 11.1. The number of hydrogen-bond acceptors (Lipinski definition) is 4. The quantitative estimate of drug-likeness (QED) is 0.677. The number of amides is 1. The van der Waals surface area contributed by atoms with Crippen molar-refractivity contribution >= 4 is 11.9 Å². The highest BCUT2D eigenvalue weighted by molar-refractivity contribution is 5.75. The van der Waals surface area contributed by atoms with Crippen molar-refractivity contribution < 1.29 is 14.7 Å². The van der Waals surface area contributed by atoms with Gasteiger partial charge in [0.15, 0.2) is 0 Å². The first-order chi connectivity index (χ1) is 7.61. The fourth-order valence-corrected chi connectivity index (χ4v) is 1.19. The molecule has 7 nitrogen and oxygen atoms in total. The first-order valence-corrected chi connectivity index (χ1v) is 4.99.